The molecule has 3 rings (SSSR count). The van der Waals surface area contributed by atoms with E-state index in [0.29, 0.717) is 38.5 Å². The van der Waals surface area contributed by atoms with Crippen LogP contribution in [0.4, 0.5) is 5.69 Å². The zero-order chi connectivity index (χ0) is 22.0. The molecule has 8 heteroatoms. The molecule has 0 atom stereocenters. The number of nitrogens with zero attached hydrogens (tertiary/aromatic N) is 1. The summed E-state index contributed by atoms with van der Waals surface area (Å²) in [5.74, 6) is -0.0995. The number of carbonyl (C=O) groups is 2. The molecule has 0 radical (unpaired) electrons. The summed E-state index contributed by atoms with van der Waals surface area (Å²) in [5, 5.41) is 0.712. The van der Waals surface area contributed by atoms with E-state index in [-0.39, 0.29) is 11.1 Å². The van der Waals surface area contributed by atoms with Crippen LogP contribution in [-0.4, -0.2) is 33.2 Å². The molecular formula is C22H19Cl2NO5. The SMILES string of the molecule is COC(=O)C1=C(C)N(c2ccc(OC)c(OC)c2)C(=O)/C1=C\c1c(Cl)cccc1Cl. The van der Waals surface area contributed by atoms with Gasteiger partial charge in [0, 0.05) is 27.4 Å². The highest BCUT2D eigenvalue weighted by molar-refractivity contribution is 6.37. The molecule has 0 aliphatic carbocycles. The molecule has 0 bridgehead atoms. The van der Waals surface area contributed by atoms with Crippen molar-refractivity contribution in [1.82, 2.24) is 0 Å². The van der Waals surface area contributed by atoms with Crippen LogP contribution in [-0.2, 0) is 14.3 Å². The van der Waals surface area contributed by atoms with Crippen molar-refractivity contribution in [1.29, 1.82) is 0 Å². The van der Waals surface area contributed by atoms with Crippen LogP contribution in [0.1, 0.15) is 12.5 Å². The fraction of sp³-hybridized carbons (Fsp3) is 0.182. The molecule has 0 fully saturated rings. The molecule has 0 spiro atoms. The molecule has 1 amide bonds. The molecule has 0 saturated heterocycles. The van der Waals surface area contributed by atoms with E-state index in [2.05, 4.69) is 0 Å². The van der Waals surface area contributed by atoms with Crippen LogP contribution in [0.25, 0.3) is 6.08 Å². The smallest absolute Gasteiger partial charge is 0.340 e. The number of esters is 1. The van der Waals surface area contributed by atoms with Gasteiger partial charge >= 0.3 is 5.97 Å². The molecule has 30 heavy (non-hydrogen) atoms. The van der Waals surface area contributed by atoms with Gasteiger partial charge in [-0.2, -0.15) is 0 Å². The average Bonchev–Trinajstić information content (AvgIpc) is 2.99. The first-order chi connectivity index (χ1) is 14.3. The van der Waals surface area contributed by atoms with Gasteiger partial charge in [-0.15, -0.1) is 0 Å². The fourth-order valence-corrected chi connectivity index (χ4v) is 3.75. The lowest BCUT2D eigenvalue weighted by molar-refractivity contribution is -0.136. The van der Waals surface area contributed by atoms with Crippen molar-refractivity contribution in [3.05, 3.63) is 68.9 Å². The first-order valence-corrected chi connectivity index (χ1v) is 9.61. The van der Waals surface area contributed by atoms with Gasteiger partial charge in [-0.05, 0) is 37.3 Å². The lowest BCUT2D eigenvalue weighted by atomic mass is 10.0. The van der Waals surface area contributed by atoms with Gasteiger partial charge in [0.1, 0.15) is 0 Å². The number of amides is 1. The van der Waals surface area contributed by atoms with Gasteiger partial charge in [0.25, 0.3) is 5.91 Å². The van der Waals surface area contributed by atoms with Crippen molar-refractivity contribution in [2.75, 3.05) is 26.2 Å². The predicted octanol–water partition coefficient (Wildman–Crippen LogP) is 4.89. The van der Waals surface area contributed by atoms with Gasteiger partial charge in [-0.25, -0.2) is 4.79 Å². The van der Waals surface area contributed by atoms with Crippen molar-refractivity contribution in [2.24, 2.45) is 0 Å². The largest absolute Gasteiger partial charge is 0.493 e. The van der Waals surface area contributed by atoms with Crippen LogP contribution in [0.15, 0.2) is 53.2 Å². The van der Waals surface area contributed by atoms with Crippen molar-refractivity contribution in [2.45, 2.75) is 6.92 Å². The van der Waals surface area contributed by atoms with Crippen molar-refractivity contribution >= 4 is 46.8 Å². The third-order valence-corrected chi connectivity index (χ3v) is 5.36. The Hall–Kier alpha value is -2.96. The molecule has 0 unspecified atom stereocenters. The second-order valence-electron chi connectivity index (χ2n) is 6.33. The Labute approximate surface area is 184 Å². The predicted molar refractivity (Wildman–Crippen MR) is 116 cm³/mol. The summed E-state index contributed by atoms with van der Waals surface area (Å²) >= 11 is 12.5. The first-order valence-electron chi connectivity index (χ1n) is 8.85. The highest BCUT2D eigenvalue weighted by atomic mass is 35.5. The van der Waals surface area contributed by atoms with E-state index >= 15 is 0 Å². The number of benzene rings is 2. The Morgan fingerprint density at radius 3 is 2.20 bits per heavy atom. The highest BCUT2D eigenvalue weighted by Crippen LogP contribution is 2.40. The van der Waals surface area contributed by atoms with E-state index < -0.39 is 11.9 Å². The van der Waals surface area contributed by atoms with E-state index in [1.807, 2.05) is 0 Å². The Morgan fingerprint density at radius 2 is 1.63 bits per heavy atom. The fourth-order valence-electron chi connectivity index (χ4n) is 3.25. The topological polar surface area (TPSA) is 65.1 Å². The van der Waals surface area contributed by atoms with E-state index in [0.717, 1.165) is 0 Å². The summed E-state index contributed by atoms with van der Waals surface area (Å²) < 4.78 is 15.5. The maximum atomic E-state index is 13.4. The van der Waals surface area contributed by atoms with Crippen LogP contribution < -0.4 is 14.4 Å². The van der Waals surface area contributed by atoms with Crippen molar-refractivity contribution in [3.63, 3.8) is 0 Å². The Bertz CT molecular complexity index is 1070. The quantitative estimate of drug-likeness (QED) is 0.482. The van der Waals surface area contributed by atoms with Crippen LogP contribution >= 0.6 is 23.2 Å². The van der Waals surface area contributed by atoms with Crippen LogP contribution in [0.3, 0.4) is 0 Å². The standard InChI is InChI=1S/C22H19Cl2NO5/c1-12-20(22(27)30-4)15(11-14-16(23)6-5-7-17(14)24)21(26)25(12)13-8-9-18(28-2)19(10-13)29-3/h5-11H,1-4H3/b15-11-. The summed E-state index contributed by atoms with van der Waals surface area (Å²) in [6.45, 7) is 1.66. The Morgan fingerprint density at radius 1 is 1.00 bits per heavy atom. The van der Waals surface area contributed by atoms with Crippen LogP contribution in [0, 0.1) is 0 Å². The van der Waals surface area contributed by atoms with Crippen LogP contribution in [0.5, 0.6) is 11.5 Å². The number of allylic oxidation sites excluding steroid dienone is 1. The zero-order valence-corrected chi connectivity index (χ0v) is 18.3. The molecule has 2 aromatic rings. The maximum absolute atomic E-state index is 13.4. The molecule has 6 nitrogen and oxygen atoms in total. The lowest BCUT2D eigenvalue weighted by Crippen LogP contribution is -2.24. The van der Waals surface area contributed by atoms with E-state index in [4.69, 9.17) is 37.4 Å². The number of halogens is 2. The lowest BCUT2D eigenvalue weighted by Gasteiger charge is -2.19. The minimum atomic E-state index is -0.641. The summed E-state index contributed by atoms with van der Waals surface area (Å²) in [7, 11) is 4.28. The van der Waals surface area contributed by atoms with Gasteiger partial charge in [0.05, 0.1) is 38.2 Å². The second kappa shape index (κ2) is 8.81. The first kappa shape index (κ1) is 21.7. The minimum Gasteiger partial charge on any atom is -0.493 e. The van der Waals surface area contributed by atoms with Crippen molar-refractivity contribution < 1.29 is 23.8 Å². The second-order valence-corrected chi connectivity index (χ2v) is 7.14. The highest BCUT2D eigenvalue weighted by Gasteiger charge is 2.38. The third kappa shape index (κ3) is 3.76. The summed E-state index contributed by atoms with van der Waals surface area (Å²) in [6, 6.07) is 10.0. The van der Waals surface area contributed by atoms with E-state index in [9.17, 15) is 9.59 Å². The molecule has 2 aromatic carbocycles. The number of hydrogen-bond donors (Lipinski definition) is 0. The minimum absolute atomic E-state index is 0.129. The van der Waals surface area contributed by atoms with E-state index in [1.165, 1.54) is 32.3 Å². The van der Waals surface area contributed by atoms with Gasteiger partial charge in [-0.1, -0.05) is 29.3 Å². The molecule has 1 aliphatic rings. The van der Waals surface area contributed by atoms with Gasteiger partial charge in [0.15, 0.2) is 11.5 Å². The molecular weight excluding hydrogens is 429 g/mol. The molecule has 1 aliphatic heterocycles. The molecule has 156 valence electrons. The number of anilines is 1. The van der Waals surface area contributed by atoms with E-state index in [1.54, 1.807) is 43.3 Å². The van der Waals surface area contributed by atoms with Gasteiger partial charge < -0.3 is 14.2 Å². The van der Waals surface area contributed by atoms with Crippen molar-refractivity contribution in [3.8, 4) is 11.5 Å². The molecule has 0 saturated carbocycles. The Balaban J connectivity index is 2.19. The normalized spacial score (nSPS) is 15.1. The monoisotopic (exact) mass is 447 g/mol. The number of ether oxygens (including phenoxy) is 3. The average molecular weight is 448 g/mol. The number of methoxy groups -OCH3 is 3. The maximum Gasteiger partial charge on any atom is 0.340 e. The number of carbonyl (C=O) groups excluding carboxylic acids is 2. The summed E-state index contributed by atoms with van der Waals surface area (Å²) in [4.78, 5) is 27.3. The van der Waals surface area contributed by atoms with Crippen LogP contribution in [0.2, 0.25) is 10.0 Å². The Kier molecular flexibility index (Phi) is 6.39. The molecule has 1 heterocycles. The number of rotatable bonds is 5. The summed E-state index contributed by atoms with van der Waals surface area (Å²) in [6.07, 6.45) is 1.50. The number of hydrogen-bond acceptors (Lipinski definition) is 5. The molecule has 0 aromatic heterocycles. The molecule has 0 N–H and O–H groups in total. The third-order valence-electron chi connectivity index (χ3n) is 4.70. The van der Waals surface area contributed by atoms with Gasteiger partial charge in [-0.3, -0.25) is 9.69 Å². The zero-order valence-electron chi connectivity index (χ0n) is 16.8. The van der Waals surface area contributed by atoms with Gasteiger partial charge in [0.2, 0.25) is 0 Å². The summed E-state index contributed by atoms with van der Waals surface area (Å²) in [5.41, 5.74) is 1.61.